The van der Waals surface area contributed by atoms with E-state index >= 15 is 0 Å². The fourth-order valence-corrected chi connectivity index (χ4v) is 1.79. The van der Waals surface area contributed by atoms with Gasteiger partial charge in [-0.25, -0.2) is 4.79 Å². The number of hydrogen-bond donors (Lipinski definition) is 1. The van der Waals surface area contributed by atoms with Crippen LogP contribution in [0.2, 0.25) is 0 Å². The van der Waals surface area contributed by atoms with E-state index in [0.29, 0.717) is 12.8 Å². The molecule has 5 heteroatoms. The number of carboxylic acids is 1. The summed E-state index contributed by atoms with van der Waals surface area (Å²) in [6.45, 7) is 0. The van der Waals surface area contributed by atoms with Crippen LogP contribution in [0.3, 0.4) is 0 Å². The van der Waals surface area contributed by atoms with Gasteiger partial charge in [-0.05, 0) is 18.8 Å². The molecule has 2 unspecified atom stereocenters. The molecule has 2 atom stereocenters. The van der Waals surface area contributed by atoms with Crippen LogP contribution in [-0.2, 0) is 4.79 Å². The van der Waals surface area contributed by atoms with Crippen molar-refractivity contribution in [3.63, 3.8) is 0 Å². The second-order valence-corrected chi connectivity index (χ2v) is 3.56. The highest BCUT2D eigenvalue weighted by Gasteiger charge is 2.28. The van der Waals surface area contributed by atoms with E-state index in [1.807, 2.05) is 0 Å². The molecule has 0 heterocycles. The zero-order valence-corrected chi connectivity index (χ0v) is 7.76. The van der Waals surface area contributed by atoms with Crippen molar-refractivity contribution in [1.82, 2.24) is 0 Å². The molecule has 1 fully saturated rings. The Morgan fingerprint density at radius 1 is 1.50 bits per heavy atom. The van der Waals surface area contributed by atoms with Gasteiger partial charge in [0.05, 0.1) is 0 Å². The van der Waals surface area contributed by atoms with Crippen LogP contribution in [-0.4, -0.2) is 22.0 Å². The van der Waals surface area contributed by atoms with E-state index in [1.165, 1.54) is 0 Å². The maximum absolute atomic E-state index is 10.5. The van der Waals surface area contributed by atoms with Crippen molar-refractivity contribution >= 4 is 5.97 Å². The summed E-state index contributed by atoms with van der Waals surface area (Å²) in [4.78, 5) is 20.5. The molecule has 0 spiro atoms. The third-order valence-electron chi connectivity index (χ3n) is 2.50. The predicted molar refractivity (Wildman–Crippen MR) is 49.5 cm³/mol. The average molecular weight is 199 g/mol. The minimum absolute atomic E-state index is 0.0512. The molecule has 1 saturated carbocycles. The molecule has 1 N–H and O–H groups in total. The number of carboxylic acid groups (broad SMARTS) is 1. The van der Waals surface area contributed by atoms with Crippen LogP contribution in [0.25, 0.3) is 0 Å². The van der Waals surface area contributed by atoms with Crippen LogP contribution in [0.15, 0.2) is 12.2 Å². The Bertz CT molecular complexity index is 262. The summed E-state index contributed by atoms with van der Waals surface area (Å²) in [6.07, 6.45) is 5.39. The van der Waals surface area contributed by atoms with Crippen LogP contribution in [0.4, 0.5) is 0 Å². The quantitative estimate of drug-likeness (QED) is 0.424. The molecule has 1 rings (SSSR count). The first-order valence-electron chi connectivity index (χ1n) is 4.64. The molecule has 0 radical (unpaired) electrons. The lowest BCUT2D eigenvalue weighted by atomic mass is 9.86. The third kappa shape index (κ3) is 3.16. The second kappa shape index (κ2) is 4.74. The van der Waals surface area contributed by atoms with Gasteiger partial charge < -0.3 is 5.11 Å². The molecule has 0 amide bonds. The van der Waals surface area contributed by atoms with Crippen molar-refractivity contribution in [3.05, 3.63) is 22.3 Å². The minimum Gasteiger partial charge on any atom is -0.478 e. The van der Waals surface area contributed by atoms with Crippen LogP contribution in [0.5, 0.6) is 0 Å². The smallest absolute Gasteiger partial charge is 0.327 e. The zero-order chi connectivity index (χ0) is 10.6. The van der Waals surface area contributed by atoms with Gasteiger partial charge >= 0.3 is 5.97 Å². The highest BCUT2D eigenvalue weighted by atomic mass is 16.6. The summed E-state index contributed by atoms with van der Waals surface area (Å²) in [5, 5.41) is 18.9. The van der Waals surface area contributed by atoms with Gasteiger partial charge in [0.1, 0.15) is 0 Å². The van der Waals surface area contributed by atoms with E-state index in [1.54, 1.807) is 6.08 Å². The van der Waals surface area contributed by atoms with E-state index in [2.05, 4.69) is 0 Å². The largest absolute Gasteiger partial charge is 0.478 e. The van der Waals surface area contributed by atoms with Crippen molar-refractivity contribution in [2.24, 2.45) is 5.92 Å². The van der Waals surface area contributed by atoms with Crippen molar-refractivity contribution < 1.29 is 14.8 Å². The molecule has 1 aliphatic rings. The van der Waals surface area contributed by atoms with E-state index in [9.17, 15) is 14.9 Å². The molecule has 14 heavy (non-hydrogen) atoms. The van der Waals surface area contributed by atoms with Gasteiger partial charge in [-0.2, -0.15) is 0 Å². The number of allylic oxidation sites excluding steroid dienone is 1. The molecule has 0 aliphatic heterocycles. The van der Waals surface area contributed by atoms with Gasteiger partial charge in [0.15, 0.2) is 0 Å². The SMILES string of the molecule is O=C(O)C=CC1CCCC([N+](=O)[O-])C1. The third-order valence-corrected chi connectivity index (χ3v) is 2.50. The fourth-order valence-electron chi connectivity index (χ4n) is 1.79. The maximum atomic E-state index is 10.5. The predicted octanol–water partition coefficient (Wildman–Crippen LogP) is 1.46. The van der Waals surface area contributed by atoms with E-state index < -0.39 is 12.0 Å². The summed E-state index contributed by atoms with van der Waals surface area (Å²) in [7, 11) is 0. The Morgan fingerprint density at radius 3 is 2.79 bits per heavy atom. The molecule has 78 valence electrons. The Labute approximate surface area is 81.6 Å². The van der Waals surface area contributed by atoms with Gasteiger partial charge in [-0.1, -0.05) is 6.08 Å². The number of hydrogen-bond acceptors (Lipinski definition) is 3. The fraction of sp³-hybridized carbons (Fsp3) is 0.667. The van der Waals surface area contributed by atoms with Gasteiger partial charge in [0, 0.05) is 23.8 Å². The number of nitro groups is 1. The molecular weight excluding hydrogens is 186 g/mol. The lowest BCUT2D eigenvalue weighted by Crippen LogP contribution is -2.26. The lowest BCUT2D eigenvalue weighted by molar-refractivity contribution is -0.527. The van der Waals surface area contributed by atoms with Gasteiger partial charge in [-0.3, -0.25) is 10.1 Å². The Hall–Kier alpha value is -1.39. The monoisotopic (exact) mass is 199 g/mol. The summed E-state index contributed by atoms with van der Waals surface area (Å²) in [5.41, 5.74) is 0. The molecule has 0 aromatic carbocycles. The molecular formula is C9H13NO4. The van der Waals surface area contributed by atoms with Crippen molar-refractivity contribution in [3.8, 4) is 0 Å². The van der Waals surface area contributed by atoms with Gasteiger partial charge in [-0.15, -0.1) is 0 Å². The van der Waals surface area contributed by atoms with Crippen LogP contribution in [0, 0.1) is 16.0 Å². The van der Waals surface area contributed by atoms with E-state index in [0.717, 1.165) is 18.9 Å². The highest BCUT2D eigenvalue weighted by molar-refractivity contribution is 5.79. The van der Waals surface area contributed by atoms with Crippen molar-refractivity contribution in [1.29, 1.82) is 0 Å². The number of carbonyl (C=O) groups is 1. The van der Waals surface area contributed by atoms with E-state index in [-0.39, 0.29) is 10.8 Å². The number of rotatable bonds is 3. The standard InChI is InChI=1S/C9H13NO4/c11-9(12)5-4-7-2-1-3-8(6-7)10(13)14/h4-5,7-8H,1-3,6H2,(H,11,12). The number of nitrogens with zero attached hydrogens (tertiary/aromatic N) is 1. The number of aliphatic carboxylic acids is 1. The molecule has 0 aromatic heterocycles. The van der Waals surface area contributed by atoms with Crippen LogP contribution < -0.4 is 0 Å². The maximum Gasteiger partial charge on any atom is 0.327 e. The molecule has 0 saturated heterocycles. The summed E-state index contributed by atoms with van der Waals surface area (Å²) < 4.78 is 0. The minimum atomic E-state index is -0.992. The highest BCUT2D eigenvalue weighted by Crippen LogP contribution is 2.26. The molecule has 0 bridgehead atoms. The first-order valence-corrected chi connectivity index (χ1v) is 4.64. The summed E-state index contributed by atoms with van der Waals surface area (Å²) in [6, 6.07) is -0.493. The zero-order valence-electron chi connectivity index (χ0n) is 7.76. The topological polar surface area (TPSA) is 80.4 Å². The van der Waals surface area contributed by atoms with Crippen LogP contribution in [0.1, 0.15) is 25.7 Å². The average Bonchev–Trinajstić information content (AvgIpc) is 2.15. The Kier molecular flexibility index (Phi) is 3.62. The molecule has 0 aromatic rings. The second-order valence-electron chi connectivity index (χ2n) is 3.56. The van der Waals surface area contributed by atoms with Crippen molar-refractivity contribution in [2.45, 2.75) is 31.7 Å². The Morgan fingerprint density at radius 2 is 2.21 bits per heavy atom. The first kappa shape index (κ1) is 10.7. The summed E-state index contributed by atoms with van der Waals surface area (Å²) in [5.74, 6) is -0.941. The molecule has 5 nitrogen and oxygen atoms in total. The summed E-state index contributed by atoms with van der Waals surface area (Å²) >= 11 is 0. The van der Waals surface area contributed by atoms with Crippen LogP contribution >= 0.6 is 0 Å². The van der Waals surface area contributed by atoms with E-state index in [4.69, 9.17) is 5.11 Å². The first-order chi connectivity index (χ1) is 6.59. The Balaban J connectivity index is 2.48. The normalized spacial score (nSPS) is 27.7. The van der Waals surface area contributed by atoms with Crippen molar-refractivity contribution in [2.75, 3.05) is 0 Å². The molecule has 1 aliphatic carbocycles. The lowest BCUT2D eigenvalue weighted by Gasteiger charge is -2.21. The van der Waals surface area contributed by atoms with Gasteiger partial charge in [0.2, 0.25) is 6.04 Å². The van der Waals surface area contributed by atoms with Gasteiger partial charge in [0.25, 0.3) is 0 Å².